The average Bonchev–Trinajstić information content (AvgIpc) is 2.86. The summed E-state index contributed by atoms with van der Waals surface area (Å²) >= 11 is 5.23. The molecule has 0 spiro atoms. The molecule has 114 valence electrons. The van der Waals surface area contributed by atoms with Gasteiger partial charge in [0.25, 0.3) is 0 Å². The molecule has 1 N–H and O–H groups in total. The summed E-state index contributed by atoms with van der Waals surface area (Å²) < 4.78 is 1.11. The molecule has 1 aromatic carbocycles. The van der Waals surface area contributed by atoms with Crippen molar-refractivity contribution in [2.75, 3.05) is 0 Å². The Hall–Kier alpha value is -0.710. The number of aromatic nitrogens is 1. The van der Waals surface area contributed by atoms with Crippen molar-refractivity contribution in [2.24, 2.45) is 0 Å². The van der Waals surface area contributed by atoms with Crippen LogP contribution < -0.4 is 5.32 Å². The fourth-order valence-corrected chi connectivity index (χ4v) is 3.18. The van der Waals surface area contributed by atoms with Crippen LogP contribution >= 0.6 is 27.3 Å². The predicted molar refractivity (Wildman–Crippen MR) is 94.8 cm³/mol. The Morgan fingerprint density at radius 2 is 1.71 bits per heavy atom. The summed E-state index contributed by atoms with van der Waals surface area (Å²) in [6.07, 6.45) is 0. The Balaban J connectivity index is 2.04. The lowest BCUT2D eigenvalue weighted by Crippen LogP contribution is -2.36. The number of rotatable bonds is 4. The number of thiazole rings is 1. The van der Waals surface area contributed by atoms with Crippen molar-refractivity contribution in [3.05, 3.63) is 50.4 Å². The van der Waals surface area contributed by atoms with E-state index in [9.17, 15) is 0 Å². The van der Waals surface area contributed by atoms with Crippen molar-refractivity contribution < 1.29 is 0 Å². The molecular weight excluding hydrogens is 344 g/mol. The van der Waals surface area contributed by atoms with Crippen LogP contribution in [0.1, 0.15) is 50.9 Å². The van der Waals surface area contributed by atoms with Crippen LogP contribution in [0.15, 0.2) is 34.1 Å². The maximum absolute atomic E-state index is 4.74. The van der Waals surface area contributed by atoms with E-state index in [4.69, 9.17) is 4.98 Å². The zero-order valence-electron chi connectivity index (χ0n) is 13.3. The van der Waals surface area contributed by atoms with Crippen molar-refractivity contribution >= 4 is 27.3 Å². The fourth-order valence-electron chi connectivity index (χ4n) is 2.01. The molecule has 0 aliphatic rings. The lowest BCUT2D eigenvalue weighted by molar-refractivity contribution is 0.398. The zero-order valence-corrected chi connectivity index (χ0v) is 15.7. The molecule has 0 radical (unpaired) electrons. The van der Waals surface area contributed by atoms with Gasteiger partial charge < -0.3 is 5.32 Å². The molecule has 0 aliphatic heterocycles. The van der Waals surface area contributed by atoms with E-state index in [2.05, 4.69) is 85.5 Å². The lowest BCUT2D eigenvalue weighted by Gasteiger charge is -2.27. The minimum absolute atomic E-state index is 0.0772. The molecule has 2 rings (SSSR count). The molecule has 21 heavy (non-hydrogen) atoms. The highest BCUT2D eigenvalue weighted by Crippen LogP contribution is 2.26. The first-order chi connectivity index (χ1) is 9.68. The van der Waals surface area contributed by atoms with Gasteiger partial charge in [-0.25, -0.2) is 4.98 Å². The number of nitrogens with one attached hydrogen (secondary N) is 1. The van der Waals surface area contributed by atoms with Crippen LogP contribution in [0.2, 0.25) is 0 Å². The number of hydrogen-bond donors (Lipinski definition) is 1. The van der Waals surface area contributed by atoms with E-state index >= 15 is 0 Å². The largest absolute Gasteiger partial charge is 0.302 e. The van der Waals surface area contributed by atoms with E-state index in [1.807, 2.05) is 0 Å². The molecule has 0 saturated heterocycles. The lowest BCUT2D eigenvalue weighted by atomic mass is 9.94. The maximum atomic E-state index is 4.74. The molecule has 0 fully saturated rings. The first kappa shape index (κ1) is 16.7. The van der Waals surface area contributed by atoms with Crippen LogP contribution in [0.25, 0.3) is 0 Å². The van der Waals surface area contributed by atoms with Gasteiger partial charge >= 0.3 is 0 Å². The van der Waals surface area contributed by atoms with Crippen LogP contribution in [-0.2, 0) is 17.5 Å². The standard InChI is InChI=1S/C17H23BrN2S/c1-16(2,3)15-20-14(11-21-15)10-19-17(4,5)12-6-8-13(18)9-7-12/h6-9,11,19H,10H2,1-5H3. The molecule has 0 saturated carbocycles. The van der Waals surface area contributed by atoms with Crippen molar-refractivity contribution in [3.63, 3.8) is 0 Å². The van der Waals surface area contributed by atoms with Gasteiger partial charge in [0.05, 0.1) is 10.7 Å². The van der Waals surface area contributed by atoms with Gasteiger partial charge in [0.15, 0.2) is 0 Å². The van der Waals surface area contributed by atoms with Gasteiger partial charge in [-0.2, -0.15) is 0 Å². The van der Waals surface area contributed by atoms with E-state index in [1.165, 1.54) is 10.6 Å². The Bertz CT molecular complexity index is 594. The van der Waals surface area contributed by atoms with E-state index < -0.39 is 0 Å². The highest BCUT2D eigenvalue weighted by Gasteiger charge is 2.21. The smallest absolute Gasteiger partial charge is 0.0982 e. The van der Waals surface area contributed by atoms with Crippen LogP contribution in [-0.4, -0.2) is 4.98 Å². The zero-order chi connectivity index (χ0) is 15.7. The average molecular weight is 367 g/mol. The number of nitrogens with zero attached hydrogens (tertiary/aromatic N) is 1. The topological polar surface area (TPSA) is 24.9 Å². The van der Waals surface area contributed by atoms with E-state index in [0.29, 0.717) is 0 Å². The van der Waals surface area contributed by atoms with Gasteiger partial charge in [-0.15, -0.1) is 11.3 Å². The molecule has 0 amide bonds. The third-order valence-electron chi connectivity index (χ3n) is 3.47. The van der Waals surface area contributed by atoms with Crippen molar-refractivity contribution in [1.82, 2.24) is 10.3 Å². The second-order valence-electron chi connectivity index (χ2n) is 6.88. The third kappa shape index (κ3) is 4.38. The highest BCUT2D eigenvalue weighted by molar-refractivity contribution is 9.10. The predicted octanol–water partition coefficient (Wildman–Crippen LogP) is 5.23. The van der Waals surface area contributed by atoms with Crippen LogP contribution in [0.3, 0.4) is 0 Å². The summed E-state index contributed by atoms with van der Waals surface area (Å²) in [5.41, 5.74) is 2.45. The van der Waals surface area contributed by atoms with Crippen molar-refractivity contribution in [3.8, 4) is 0 Å². The SMILES string of the molecule is CC(C)(C)c1nc(CNC(C)(C)c2ccc(Br)cc2)cs1. The first-order valence-electron chi connectivity index (χ1n) is 7.14. The molecule has 0 bridgehead atoms. The molecule has 0 atom stereocenters. The Kier molecular flexibility index (Phi) is 4.91. The Labute approximate surface area is 140 Å². The quantitative estimate of drug-likeness (QED) is 0.801. The second kappa shape index (κ2) is 6.19. The second-order valence-corrected chi connectivity index (χ2v) is 8.65. The van der Waals surface area contributed by atoms with E-state index in [0.717, 1.165) is 16.7 Å². The summed E-state index contributed by atoms with van der Waals surface area (Å²) in [5.74, 6) is 0. The molecule has 0 aliphatic carbocycles. The fraction of sp³-hybridized carbons (Fsp3) is 0.471. The number of hydrogen-bond acceptors (Lipinski definition) is 3. The normalized spacial score (nSPS) is 12.7. The van der Waals surface area contributed by atoms with Gasteiger partial charge in [0.1, 0.15) is 0 Å². The van der Waals surface area contributed by atoms with E-state index in [-0.39, 0.29) is 11.0 Å². The molecule has 1 heterocycles. The highest BCUT2D eigenvalue weighted by atomic mass is 79.9. The van der Waals surface area contributed by atoms with Gasteiger partial charge in [-0.3, -0.25) is 0 Å². The van der Waals surface area contributed by atoms with Crippen LogP contribution in [0.5, 0.6) is 0 Å². The van der Waals surface area contributed by atoms with Gasteiger partial charge in [-0.1, -0.05) is 48.8 Å². The maximum Gasteiger partial charge on any atom is 0.0982 e. The number of halogens is 1. The van der Waals surface area contributed by atoms with Crippen molar-refractivity contribution in [2.45, 2.75) is 52.1 Å². The summed E-state index contributed by atoms with van der Waals surface area (Å²) in [4.78, 5) is 4.74. The number of benzene rings is 1. The van der Waals surface area contributed by atoms with Crippen LogP contribution in [0, 0.1) is 0 Å². The van der Waals surface area contributed by atoms with E-state index in [1.54, 1.807) is 11.3 Å². The molecule has 1 aromatic heterocycles. The summed E-state index contributed by atoms with van der Waals surface area (Å²) in [6.45, 7) is 11.8. The summed E-state index contributed by atoms with van der Waals surface area (Å²) in [6, 6.07) is 8.47. The Morgan fingerprint density at radius 3 is 2.24 bits per heavy atom. The first-order valence-corrected chi connectivity index (χ1v) is 8.82. The van der Waals surface area contributed by atoms with Crippen molar-refractivity contribution in [1.29, 1.82) is 0 Å². The summed E-state index contributed by atoms with van der Waals surface area (Å²) in [5, 5.41) is 6.96. The molecule has 2 nitrogen and oxygen atoms in total. The van der Waals surface area contributed by atoms with Crippen LogP contribution in [0.4, 0.5) is 0 Å². The monoisotopic (exact) mass is 366 g/mol. The van der Waals surface area contributed by atoms with Gasteiger partial charge in [-0.05, 0) is 31.5 Å². The Morgan fingerprint density at radius 1 is 1.10 bits per heavy atom. The van der Waals surface area contributed by atoms with Gasteiger partial charge in [0, 0.05) is 27.4 Å². The minimum Gasteiger partial charge on any atom is -0.302 e. The summed E-state index contributed by atoms with van der Waals surface area (Å²) in [7, 11) is 0. The van der Waals surface area contributed by atoms with Gasteiger partial charge in [0.2, 0.25) is 0 Å². The molecule has 0 unspecified atom stereocenters. The third-order valence-corrected chi connectivity index (χ3v) is 5.32. The minimum atomic E-state index is -0.0772. The molecular formula is C17H23BrN2S. The molecule has 4 heteroatoms. The molecule has 2 aromatic rings.